The van der Waals surface area contributed by atoms with E-state index in [4.69, 9.17) is 4.74 Å². The third-order valence-corrected chi connectivity index (χ3v) is 6.45. The van der Waals surface area contributed by atoms with E-state index in [-0.39, 0.29) is 41.8 Å². The number of fused-ring (bicyclic) bond motifs is 1. The molecule has 7 nitrogen and oxygen atoms in total. The highest BCUT2D eigenvalue weighted by Crippen LogP contribution is 2.29. The molecule has 8 heteroatoms. The second-order valence-electron chi connectivity index (χ2n) is 7.07. The number of sulfonamides is 1. The number of carbonyl (C=O) groups excluding carboxylic acids is 2. The second kappa shape index (κ2) is 8.65. The standard InChI is InChI=1S/C21H24N2O5S/c1-15-9-11-17(12-10-15)28-14-16(2)22-20(24)8-5-13-23-21(25)18-6-3-4-7-19(18)29(23,26)27/h3-4,6-7,9-12,16H,5,8,13-14H2,1-2H3,(H,22,24)/t16-/m1/s1. The summed E-state index contributed by atoms with van der Waals surface area (Å²) in [5.41, 5.74) is 1.32. The van der Waals surface area contributed by atoms with Gasteiger partial charge in [-0.25, -0.2) is 12.7 Å². The Kier molecular flexibility index (Phi) is 6.22. The Morgan fingerprint density at radius 1 is 1.14 bits per heavy atom. The molecule has 154 valence electrons. The van der Waals surface area contributed by atoms with Crippen molar-refractivity contribution in [2.75, 3.05) is 13.2 Å². The topological polar surface area (TPSA) is 92.8 Å². The van der Waals surface area contributed by atoms with Gasteiger partial charge >= 0.3 is 0 Å². The highest BCUT2D eigenvalue weighted by Gasteiger charge is 2.40. The average Bonchev–Trinajstić information content (AvgIpc) is 2.88. The third-order valence-electron chi connectivity index (χ3n) is 4.61. The zero-order valence-electron chi connectivity index (χ0n) is 16.4. The summed E-state index contributed by atoms with van der Waals surface area (Å²) in [5.74, 6) is -0.0264. The van der Waals surface area contributed by atoms with Crippen LogP contribution in [0.4, 0.5) is 0 Å². The number of aryl methyl sites for hydroxylation is 1. The molecule has 0 aromatic heterocycles. The Hall–Kier alpha value is -2.87. The molecule has 0 unspecified atom stereocenters. The van der Waals surface area contributed by atoms with Crippen LogP contribution in [0.15, 0.2) is 53.4 Å². The van der Waals surface area contributed by atoms with E-state index in [1.54, 1.807) is 12.1 Å². The zero-order chi connectivity index (χ0) is 21.0. The van der Waals surface area contributed by atoms with Crippen molar-refractivity contribution < 1.29 is 22.7 Å². The number of rotatable bonds is 8. The summed E-state index contributed by atoms with van der Waals surface area (Å²) in [6.07, 6.45) is 0.362. The summed E-state index contributed by atoms with van der Waals surface area (Å²) in [5, 5.41) is 2.82. The molecule has 0 fully saturated rings. The van der Waals surface area contributed by atoms with Gasteiger partial charge in [0.2, 0.25) is 5.91 Å². The van der Waals surface area contributed by atoms with Crippen LogP contribution < -0.4 is 10.1 Å². The molecule has 0 bridgehead atoms. The number of benzene rings is 2. The number of hydrogen-bond donors (Lipinski definition) is 1. The van der Waals surface area contributed by atoms with Crippen LogP contribution in [0.3, 0.4) is 0 Å². The predicted molar refractivity (Wildman–Crippen MR) is 108 cm³/mol. The van der Waals surface area contributed by atoms with Crippen LogP contribution in [0.25, 0.3) is 0 Å². The van der Waals surface area contributed by atoms with Crippen molar-refractivity contribution >= 4 is 21.8 Å². The van der Waals surface area contributed by atoms with Crippen LogP contribution >= 0.6 is 0 Å². The van der Waals surface area contributed by atoms with Crippen molar-refractivity contribution in [3.63, 3.8) is 0 Å². The molecule has 29 heavy (non-hydrogen) atoms. The van der Waals surface area contributed by atoms with Gasteiger partial charge in [-0.1, -0.05) is 29.8 Å². The highest BCUT2D eigenvalue weighted by atomic mass is 32.2. The summed E-state index contributed by atoms with van der Waals surface area (Å²) < 4.78 is 31.4. The average molecular weight is 416 g/mol. The van der Waals surface area contributed by atoms with E-state index >= 15 is 0 Å². The molecule has 2 aromatic rings. The van der Waals surface area contributed by atoms with Crippen molar-refractivity contribution in [1.29, 1.82) is 0 Å². The molecule has 2 amide bonds. The Morgan fingerprint density at radius 2 is 1.83 bits per heavy atom. The van der Waals surface area contributed by atoms with E-state index in [1.807, 2.05) is 38.1 Å². The smallest absolute Gasteiger partial charge is 0.269 e. The quantitative estimate of drug-likeness (QED) is 0.714. The fraction of sp³-hybridized carbons (Fsp3) is 0.333. The first-order valence-corrected chi connectivity index (χ1v) is 10.9. The molecule has 0 saturated carbocycles. The van der Waals surface area contributed by atoms with Gasteiger partial charge in [-0.15, -0.1) is 0 Å². The molecule has 0 radical (unpaired) electrons. The van der Waals surface area contributed by atoms with Crippen molar-refractivity contribution in [2.24, 2.45) is 0 Å². The molecule has 2 aromatic carbocycles. The fourth-order valence-corrected chi connectivity index (χ4v) is 4.69. The first-order chi connectivity index (χ1) is 13.8. The van der Waals surface area contributed by atoms with Crippen LogP contribution in [0, 0.1) is 6.92 Å². The van der Waals surface area contributed by atoms with E-state index in [9.17, 15) is 18.0 Å². The van der Waals surface area contributed by atoms with Gasteiger partial charge in [0.1, 0.15) is 17.3 Å². The molecule has 1 heterocycles. The number of nitrogens with one attached hydrogen (secondary N) is 1. The minimum atomic E-state index is -3.83. The van der Waals surface area contributed by atoms with Gasteiger partial charge in [0.15, 0.2) is 0 Å². The summed E-state index contributed by atoms with van der Waals surface area (Å²) in [7, 11) is -3.83. The Labute approximate surface area is 170 Å². The van der Waals surface area contributed by atoms with E-state index in [0.717, 1.165) is 15.6 Å². The first kappa shape index (κ1) is 20.9. The van der Waals surface area contributed by atoms with Gasteiger partial charge in [-0.3, -0.25) is 9.59 Å². The number of ether oxygens (including phenoxy) is 1. The van der Waals surface area contributed by atoms with Crippen LogP contribution in [0.5, 0.6) is 5.75 Å². The van der Waals surface area contributed by atoms with Crippen molar-refractivity contribution in [3.05, 3.63) is 59.7 Å². The molecule has 1 aliphatic rings. The first-order valence-electron chi connectivity index (χ1n) is 9.44. The number of nitrogens with zero attached hydrogens (tertiary/aromatic N) is 1. The van der Waals surface area contributed by atoms with E-state index in [2.05, 4.69) is 5.32 Å². The zero-order valence-corrected chi connectivity index (χ0v) is 17.2. The van der Waals surface area contributed by atoms with Crippen LogP contribution in [-0.2, 0) is 14.8 Å². The maximum Gasteiger partial charge on any atom is 0.269 e. The minimum absolute atomic E-state index is 0.0244. The largest absolute Gasteiger partial charge is 0.491 e. The highest BCUT2D eigenvalue weighted by molar-refractivity contribution is 7.90. The van der Waals surface area contributed by atoms with E-state index < -0.39 is 15.9 Å². The maximum absolute atomic E-state index is 12.5. The van der Waals surface area contributed by atoms with E-state index in [0.29, 0.717) is 6.61 Å². The summed E-state index contributed by atoms with van der Waals surface area (Å²) in [6.45, 7) is 4.12. The van der Waals surface area contributed by atoms with Crippen molar-refractivity contribution in [3.8, 4) is 5.75 Å². The van der Waals surface area contributed by atoms with Gasteiger partial charge in [-0.2, -0.15) is 0 Å². The predicted octanol–water partition coefficient (Wildman–Crippen LogP) is 2.50. The van der Waals surface area contributed by atoms with Crippen molar-refractivity contribution in [1.82, 2.24) is 9.62 Å². The lowest BCUT2D eigenvalue weighted by atomic mass is 10.2. The molecular formula is C21H24N2O5S. The summed E-state index contributed by atoms with van der Waals surface area (Å²) in [6, 6.07) is 13.6. The maximum atomic E-state index is 12.5. The fourth-order valence-electron chi connectivity index (χ4n) is 3.08. The van der Waals surface area contributed by atoms with Crippen LogP contribution in [0.1, 0.15) is 35.7 Å². The number of hydrogen-bond acceptors (Lipinski definition) is 5. The van der Waals surface area contributed by atoms with Crippen molar-refractivity contribution in [2.45, 2.75) is 37.6 Å². The van der Waals surface area contributed by atoms with Gasteiger partial charge in [0.25, 0.3) is 15.9 Å². The second-order valence-corrected chi connectivity index (χ2v) is 8.91. The van der Waals surface area contributed by atoms with E-state index in [1.165, 1.54) is 12.1 Å². The third kappa shape index (κ3) is 4.76. The SMILES string of the molecule is Cc1ccc(OC[C@@H](C)NC(=O)CCCN2C(=O)c3ccccc3S2(=O)=O)cc1. The number of carbonyl (C=O) groups is 2. The molecule has 3 rings (SSSR count). The Bertz CT molecular complexity index is 1000. The van der Waals surface area contributed by atoms with Gasteiger partial charge in [0, 0.05) is 13.0 Å². The van der Waals surface area contributed by atoms with Gasteiger partial charge in [0.05, 0.1) is 11.6 Å². The monoisotopic (exact) mass is 416 g/mol. The molecule has 1 aliphatic heterocycles. The molecule has 0 spiro atoms. The minimum Gasteiger partial charge on any atom is -0.491 e. The summed E-state index contributed by atoms with van der Waals surface area (Å²) >= 11 is 0. The Balaban J connectivity index is 1.44. The molecule has 0 saturated heterocycles. The lowest BCUT2D eigenvalue weighted by Gasteiger charge is -2.17. The lowest BCUT2D eigenvalue weighted by molar-refractivity contribution is -0.122. The summed E-state index contributed by atoms with van der Waals surface area (Å²) in [4.78, 5) is 24.5. The van der Waals surface area contributed by atoms with Crippen LogP contribution in [-0.4, -0.2) is 43.7 Å². The molecule has 1 atom stereocenters. The van der Waals surface area contributed by atoms with Gasteiger partial charge in [-0.05, 0) is 44.5 Å². The normalized spacial score (nSPS) is 15.7. The Morgan fingerprint density at radius 3 is 2.52 bits per heavy atom. The number of amides is 2. The molecule has 1 N–H and O–H groups in total. The van der Waals surface area contributed by atoms with Crippen LogP contribution in [0.2, 0.25) is 0 Å². The molecule has 0 aliphatic carbocycles. The van der Waals surface area contributed by atoms with Gasteiger partial charge < -0.3 is 10.1 Å². The molecular weight excluding hydrogens is 392 g/mol. The lowest BCUT2D eigenvalue weighted by Crippen LogP contribution is -2.37.